The van der Waals surface area contributed by atoms with Crippen molar-refractivity contribution in [3.8, 4) is 11.8 Å². The van der Waals surface area contributed by atoms with E-state index in [0.717, 1.165) is 0 Å². The summed E-state index contributed by atoms with van der Waals surface area (Å²) in [6.45, 7) is 3.83. The highest BCUT2D eigenvalue weighted by molar-refractivity contribution is 5.98. The molecule has 0 saturated carbocycles. The summed E-state index contributed by atoms with van der Waals surface area (Å²) in [5.41, 5.74) is 7.36. The van der Waals surface area contributed by atoms with Crippen molar-refractivity contribution in [2.45, 2.75) is 19.8 Å². The van der Waals surface area contributed by atoms with Gasteiger partial charge in [-0.25, -0.2) is 14.8 Å². The zero-order valence-corrected chi connectivity index (χ0v) is 14.7. The van der Waals surface area contributed by atoms with E-state index in [9.17, 15) is 4.79 Å². The first-order valence-corrected chi connectivity index (χ1v) is 8.10. The summed E-state index contributed by atoms with van der Waals surface area (Å²) in [5, 5.41) is 12.8. The monoisotopic (exact) mass is 363 g/mol. The number of anilines is 3. The molecule has 0 aliphatic carbocycles. The first-order chi connectivity index (χ1) is 13.0. The molecule has 136 valence electrons. The molecule has 0 atom stereocenters. The van der Waals surface area contributed by atoms with Gasteiger partial charge in [-0.2, -0.15) is 0 Å². The predicted molar refractivity (Wildman–Crippen MR) is 99.9 cm³/mol. The van der Waals surface area contributed by atoms with Gasteiger partial charge < -0.3 is 15.5 Å². The van der Waals surface area contributed by atoms with Crippen molar-refractivity contribution < 1.29 is 9.21 Å². The van der Waals surface area contributed by atoms with Gasteiger partial charge in [-0.15, -0.1) is 5.10 Å². The van der Waals surface area contributed by atoms with E-state index in [-0.39, 0.29) is 17.9 Å². The molecule has 0 aliphatic heterocycles. The number of nitrogens with one attached hydrogen (secondary N) is 2. The smallest absolute Gasteiger partial charge is 0.327 e. The maximum Gasteiger partial charge on any atom is 0.327 e. The van der Waals surface area contributed by atoms with Gasteiger partial charge in [-0.05, 0) is 18.2 Å². The van der Waals surface area contributed by atoms with Crippen molar-refractivity contribution in [3.63, 3.8) is 0 Å². The summed E-state index contributed by atoms with van der Waals surface area (Å²) in [6.07, 6.45) is 3.08. The van der Waals surface area contributed by atoms with Gasteiger partial charge in [0.2, 0.25) is 11.8 Å². The Hall–Kier alpha value is -3.93. The molecule has 9 nitrogen and oxygen atoms in total. The fraction of sp³-hybridized carbons (Fsp3) is 0.167. The van der Waals surface area contributed by atoms with Gasteiger partial charge in [0.15, 0.2) is 0 Å². The molecule has 0 aliphatic rings. The lowest BCUT2D eigenvalue weighted by atomic mass is 10.2. The van der Waals surface area contributed by atoms with Crippen LogP contribution in [0.3, 0.4) is 0 Å². The van der Waals surface area contributed by atoms with Crippen molar-refractivity contribution in [2.75, 3.05) is 16.4 Å². The van der Waals surface area contributed by atoms with Crippen LogP contribution in [0.2, 0.25) is 0 Å². The second-order valence-corrected chi connectivity index (χ2v) is 5.84. The fourth-order valence-electron chi connectivity index (χ4n) is 2.00. The third kappa shape index (κ3) is 5.02. The Labute approximate surface area is 155 Å². The molecule has 0 spiro atoms. The topological polar surface area (TPSA) is 132 Å². The Morgan fingerprint density at radius 1 is 1.11 bits per heavy atom. The highest BCUT2D eigenvalue weighted by Crippen LogP contribution is 2.15. The Balaban J connectivity index is 1.64. The molecule has 3 rings (SSSR count). The van der Waals surface area contributed by atoms with E-state index >= 15 is 0 Å². The molecule has 9 heteroatoms. The molecule has 2 amide bonds. The first-order valence-electron chi connectivity index (χ1n) is 8.10. The molecule has 2 aromatic heterocycles. The zero-order valence-electron chi connectivity index (χ0n) is 14.7. The van der Waals surface area contributed by atoms with Crippen LogP contribution < -0.4 is 16.4 Å². The third-order valence-corrected chi connectivity index (χ3v) is 3.30. The minimum Gasteiger partial charge on any atom is -0.408 e. The van der Waals surface area contributed by atoms with E-state index in [4.69, 9.17) is 10.2 Å². The van der Waals surface area contributed by atoms with Crippen molar-refractivity contribution in [1.29, 1.82) is 0 Å². The summed E-state index contributed by atoms with van der Waals surface area (Å²) in [6, 6.07) is 6.62. The van der Waals surface area contributed by atoms with Gasteiger partial charge in [0.25, 0.3) is 0 Å². The molecule has 4 N–H and O–H groups in total. The number of carbonyl (C=O) groups is 1. The normalized spacial score (nSPS) is 10.2. The van der Waals surface area contributed by atoms with Crippen molar-refractivity contribution in [2.24, 2.45) is 0 Å². The number of hydrogen-bond donors (Lipinski definition) is 3. The van der Waals surface area contributed by atoms with Gasteiger partial charge in [-0.3, -0.25) is 5.32 Å². The molecule has 3 aromatic rings. The molecule has 1 aromatic carbocycles. The number of carbonyl (C=O) groups excluding carboxylic acids is 1. The lowest BCUT2D eigenvalue weighted by Gasteiger charge is -2.05. The number of aromatic nitrogens is 4. The molecule has 27 heavy (non-hydrogen) atoms. The van der Waals surface area contributed by atoms with Gasteiger partial charge in [0.05, 0.1) is 5.56 Å². The Morgan fingerprint density at radius 3 is 2.56 bits per heavy atom. The Kier molecular flexibility index (Phi) is 5.28. The standard InChI is InChI=1S/C18H17N7O2/c1-11(2)15-24-25-18(27-15)23-17(26)22-14-5-3-4-12(8-14)6-7-13-9-20-16(19)21-10-13/h3-5,8-11H,1-2H3,(H2,19,20,21)(H2,22,23,25,26). The van der Waals surface area contributed by atoms with Crippen LogP contribution in [0.25, 0.3) is 0 Å². The van der Waals surface area contributed by atoms with Crippen LogP contribution in [0.15, 0.2) is 41.1 Å². The molecular weight excluding hydrogens is 346 g/mol. The van der Waals surface area contributed by atoms with Crippen molar-refractivity contribution >= 4 is 23.7 Å². The number of urea groups is 1. The van der Waals surface area contributed by atoms with Crippen LogP contribution in [-0.2, 0) is 0 Å². The van der Waals surface area contributed by atoms with E-state index in [1.807, 2.05) is 19.9 Å². The molecule has 2 heterocycles. The Morgan fingerprint density at radius 2 is 1.85 bits per heavy atom. The number of hydrogen-bond acceptors (Lipinski definition) is 7. The van der Waals surface area contributed by atoms with E-state index in [2.05, 4.69) is 42.6 Å². The minimum absolute atomic E-state index is 0.0375. The summed E-state index contributed by atoms with van der Waals surface area (Å²) < 4.78 is 5.34. The fourth-order valence-corrected chi connectivity index (χ4v) is 2.00. The van der Waals surface area contributed by atoms with Crippen LogP contribution in [0.5, 0.6) is 0 Å². The number of rotatable bonds is 3. The molecular formula is C18H17N7O2. The summed E-state index contributed by atoms with van der Waals surface area (Å²) in [7, 11) is 0. The number of benzene rings is 1. The van der Waals surface area contributed by atoms with Crippen LogP contribution in [0.4, 0.5) is 22.4 Å². The lowest BCUT2D eigenvalue weighted by Crippen LogP contribution is -2.19. The quantitative estimate of drug-likeness (QED) is 0.609. The van der Waals surface area contributed by atoms with E-state index in [1.54, 1.807) is 30.6 Å². The van der Waals surface area contributed by atoms with Crippen LogP contribution in [0.1, 0.15) is 36.8 Å². The zero-order chi connectivity index (χ0) is 19.2. The number of nitrogens with two attached hydrogens (primary N) is 1. The number of nitrogens with zero attached hydrogens (tertiary/aromatic N) is 4. The van der Waals surface area contributed by atoms with Gasteiger partial charge in [-0.1, -0.05) is 36.9 Å². The van der Waals surface area contributed by atoms with Gasteiger partial charge in [0, 0.05) is 29.6 Å². The average molecular weight is 363 g/mol. The molecule has 0 bridgehead atoms. The largest absolute Gasteiger partial charge is 0.408 e. The SMILES string of the molecule is CC(C)c1nnc(NC(=O)Nc2cccc(C#Cc3cnc(N)nc3)c2)o1. The van der Waals surface area contributed by atoms with Gasteiger partial charge >= 0.3 is 12.0 Å². The highest BCUT2D eigenvalue weighted by atomic mass is 16.4. The number of amides is 2. The molecule has 0 unspecified atom stereocenters. The summed E-state index contributed by atoms with van der Waals surface area (Å²) in [4.78, 5) is 19.8. The van der Waals surface area contributed by atoms with E-state index < -0.39 is 6.03 Å². The maximum atomic E-state index is 12.1. The minimum atomic E-state index is -0.494. The van der Waals surface area contributed by atoms with Crippen molar-refractivity contribution in [1.82, 2.24) is 20.2 Å². The lowest BCUT2D eigenvalue weighted by molar-refractivity contribution is 0.261. The predicted octanol–water partition coefficient (Wildman–Crippen LogP) is 2.61. The third-order valence-electron chi connectivity index (χ3n) is 3.30. The van der Waals surface area contributed by atoms with Gasteiger partial charge in [0.1, 0.15) is 0 Å². The Bertz CT molecular complexity index is 1000. The maximum absolute atomic E-state index is 12.1. The summed E-state index contributed by atoms with van der Waals surface area (Å²) >= 11 is 0. The highest BCUT2D eigenvalue weighted by Gasteiger charge is 2.12. The second-order valence-electron chi connectivity index (χ2n) is 5.84. The van der Waals surface area contributed by atoms with E-state index in [0.29, 0.717) is 22.7 Å². The van der Waals surface area contributed by atoms with Crippen LogP contribution >= 0.6 is 0 Å². The average Bonchev–Trinajstić information content (AvgIpc) is 3.10. The molecule has 0 saturated heterocycles. The molecule has 0 fully saturated rings. The van der Waals surface area contributed by atoms with Crippen molar-refractivity contribution in [3.05, 3.63) is 53.7 Å². The van der Waals surface area contributed by atoms with Crippen LogP contribution in [-0.4, -0.2) is 26.2 Å². The second kappa shape index (κ2) is 7.97. The summed E-state index contributed by atoms with van der Waals surface area (Å²) in [5.74, 6) is 6.63. The van der Waals surface area contributed by atoms with E-state index in [1.165, 1.54) is 0 Å². The molecule has 0 radical (unpaired) electrons. The van der Waals surface area contributed by atoms with Crippen LogP contribution in [0, 0.1) is 11.8 Å². The first kappa shape index (κ1) is 17.9. The number of nitrogen functional groups attached to an aromatic ring is 1.